The third kappa shape index (κ3) is 26.0. The van der Waals surface area contributed by atoms with E-state index in [-0.39, 0.29) is 18.8 Å². The number of carbonyl (C=O) groups excluding carboxylic acids is 1. The second-order valence-corrected chi connectivity index (χ2v) is 19.3. The Kier molecular flexibility index (Phi) is 29.8. The highest BCUT2D eigenvalue weighted by Crippen LogP contribution is 2.60. The van der Waals surface area contributed by atoms with Gasteiger partial charge in [-0.1, -0.05) is 162 Å². The van der Waals surface area contributed by atoms with Crippen molar-refractivity contribution in [3.63, 3.8) is 0 Å². The Labute approximate surface area is 364 Å². The maximum atomic E-state index is 12.8. The smallest absolute Gasteiger partial charge is 0.457 e. The van der Waals surface area contributed by atoms with Gasteiger partial charge in [0.2, 0.25) is 0 Å². The summed E-state index contributed by atoms with van der Waals surface area (Å²) >= 11 is 0. The van der Waals surface area contributed by atoms with Crippen LogP contribution < -0.4 is 11.4 Å². The fourth-order valence-corrected chi connectivity index (χ4v) is 9.26. The van der Waals surface area contributed by atoms with E-state index < -0.39 is 71.2 Å². The Balaban J connectivity index is 1.79. The largest absolute Gasteiger partial charge is 0.481 e. The van der Waals surface area contributed by atoms with Crippen LogP contribution in [0, 0.1) is 0 Å². The van der Waals surface area contributed by atoms with Crippen molar-refractivity contribution in [3.8, 4) is 0 Å². The molecule has 1 aliphatic rings. The second kappa shape index (κ2) is 32.8. The number of nitrogen functional groups attached to an aromatic ring is 1. The van der Waals surface area contributed by atoms with Crippen LogP contribution in [0.25, 0.3) is 0 Å². The molecule has 0 aliphatic carbocycles. The van der Waals surface area contributed by atoms with Crippen LogP contribution in [0.4, 0.5) is 5.82 Å². The summed E-state index contributed by atoms with van der Waals surface area (Å²) in [7, 11) is -10.6. The summed E-state index contributed by atoms with van der Waals surface area (Å²) in [5.74, 6) is -0.609. The summed E-state index contributed by atoms with van der Waals surface area (Å²) in [5, 5.41) is 20.9. The number of nitrogens with two attached hydrogens (primary N) is 1. The van der Waals surface area contributed by atoms with E-state index in [2.05, 4.69) is 23.1 Å². The van der Waals surface area contributed by atoms with Crippen LogP contribution in [0.5, 0.6) is 0 Å². The topological polar surface area (TPSA) is 248 Å². The molecule has 1 saturated heterocycles. The lowest BCUT2D eigenvalue weighted by Crippen LogP contribution is -2.36. The monoisotopic (exact) mass is 912 g/mol. The molecule has 0 saturated carbocycles. The van der Waals surface area contributed by atoms with Gasteiger partial charge >= 0.3 is 27.3 Å². The molecular weight excluding hydrogens is 832 g/mol. The molecule has 1 aromatic rings. The summed E-state index contributed by atoms with van der Waals surface area (Å²) in [6.45, 7) is 3.11. The predicted molar refractivity (Wildman–Crippen MR) is 234 cm³/mol. The van der Waals surface area contributed by atoms with Gasteiger partial charge in [0.05, 0.1) is 19.8 Å². The number of nitrogens with zero attached hydrogens (tertiary/aromatic N) is 2. The van der Waals surface area contributed by atoms with Crippen LogP contribution in [-0.4, -0.2) is 86.4 Å². The van der Waals surface area contributed by atoms with Gasteiger partial charge in [-0.05, 0) is 18.9 Å². The fraction of sp³-hybridized carbons (Fsp3) is 0.881. The molecule has 1 aliphatic heterocycles. The zero-order valence-corrected chi connectivity index (χ0v) is 38.8. The summed E-state index contributed by atoms with van der Waals surface area (Å²) in [6, 6.07) is 1.26. The molecule has 0 bridgehead atoms. The first-order valence-corrected chi connectivity index (χ1v) is 26.1. The number of carbonyl (C=O) groups is 1. The van der Waals surface area contributed by atoms with E-state index in [4.69, 9.17) is 29.0 Å². The first-order valence-electron chi connectivity index (χ1n) is 23.1. The Morgan fingerprint density at radius 1 is 0.738 bits per heavy atom. The first kappa shape index (κ1) is 55.4. The first-order chi connectivity index (χ1) is 29.3. The highest BCUT2D eigenvalue weighted by Gasteiger charge is 2.46. The maximum Gasteiger partial charge on any atom is 0.481 e. The van der Waals surface area contributed by atoms with Crippen molar-refractivity contribution >= 4 is 27.4 Å². The minimum absolute atomic E-state index is 0.0833. The molecule has 61 heavy (non-hydrogen) atoms. The van der Waals surface area contributed by atoms with Gasteiger partial charge in [0.25, 0.3) is 0 Å². The number of phosphoric acid groups is 2. The molecule has 356 valence electrons. The van der Waals surface area contributed by atoms with E-state index in [1.165, 1.54) is 121 Å². The lowest BCUT2D eigenvalue weighted by atomic mass is 10.0. The average Bonchev–Trinajstić information content (AvgIpc) is 3.49. The Bertz CT molecular complexity index is 1460. The standard InChI is InChI=1S/C42H79N3O14P2/c1-3-5-7-9-11-13-15-16-17-19-21-23-25-27-31-54-32-35(57-38(46)28-26-24-22-20-18-14-12-10-8-6-4-2)33-55-60(50,51)59-61(52,53)56-34-36-39(47)40(48)41(58-36)45-30-29-37(43)44-42(45)49/h29-30,35-36,39-41,47-48H,3-28,31-34H2,1-2H3,(H,50,51)(H,52,53)(H2,43,44,49). The van der Waals surface area contributed by atoms with Crippen molar-refractivity contribution in [3.05, 3.63) is 22.7 Å². The average molecular weight is 912 g/mol. The maximum absolute atomic E-state index is 12.8. The highest BCUT2D eigenvalue weighted by atomic mass is 31.3. The normalized spacial score (nSPS) is 20.4. The molecule has 7 unspecified atom stereocenters. The van der Waals surface area contributed by atoms with E-state index >= 15 is 0 Å². The van der Waals surface area contributed by atoms with Crippen molar-refractivity contribution < 1.29 is 61.5 Å². The molecule has 2 rings (SSSR count). The van der Waals surface area contributed by atoms with Crippen LogP contribution in [0.15, 0.2) is 17.1 Å². The van der Waals surface area contributed by atoms with Crippen molar-refractivity contribution in [2.45, 2.75) is 211 Å². The molecule has 6 N–H and O–H groups in total. The van der Waals surface area contributed by atoms with Gasteiger partial charge in [0.1, 0.15) is 30.2 Å². The van der Waals surface area contributed by atoms with Gasteiger partial charge in [-0.25, -0.2) is 13.9 Å². The number of unbranched alkanes of at least 4 members (excludes halogenated alkanes) is 23. The minimum Gasteiger partial charge on any atom is -0.457 e. The van der Waals surface area contributed by atoms with E-state index in [0.29, 0.717) is 13.0 Å². The van der Waals surface area contributed by atoms with Crippen molar-refractivity contribution in [2.75, 3.05) is 32.2 Å². The third-order valence-electron chi connectivity index (χ3n) is 10.7. The number of rotatable bonds is 39. The molecule has 0 aromatic carbocycles. The number of ether oxygens (including phenoxy) is 3. The Morgan fingerprint density at radius 3 is 1.72 bits per heavy atom. The number of hydrogen-bond donors (Lipinski definition) is 5. The third-order valence-corrected chi connectivity index (χ3v) is 13.3. The van der Waals surface area contributed by atoms with E-state index in [0.717, 1.165) is 49.5 Å². The van der Waals surface area contributed by atoms with Gasteiger partial charge in [-0.2, -0.15) is 9.29 Å². The van der Waals surface area contributed by atoms with E-state index in [1.807, 2.05) is 0 Å². The van der Waals surface area contributed by atoms with Gasteiger partial charge in [0.15, 0.2) is 6.23 Å². The number of hydrogen-bond acceptors (Lipinski definition) is 14. The number of aromatic nitrogens is 2. The molecule has 0 amide bonds. The minimum atomic E-state index is -5.35. The zero-order valence-electron chi connectivity index (χ0n) is 37.0. The molecular formula is C42H79N3O14P2. The fourth-order valence-electron chi connectivity index (χ4n) is 7.15. The summed E-state index contributed by atoms with van der Waals surface area (Å²) in [6.07, 6.45) is 23.3. The molecule has 1 aromatic heterocycles. The van der Waals surface area contributed by atoms with Crippen LogP contribution in [0.2, 0.25) is 0 Å². The number of esters is 1. The molecule has 19 heteroatoms. The number of aliphatic hydroxyl groups is 2. The van der Waals surface area contributed by atoms with Gasteiger partial charge in [-0.15, -0.1) is 0 Å². The summed E-state index contributed by atoms with van der Waals surface area (Å²) < 4.78 is 57.3. The SMILES string of the molecule is CCCCCCCCCCCCCCCCOCC(COP(=O)(O)OP(=O)(O)OCC1OC(n2ccc(N)nc2=O)C(O)C1O)OC(=O)CCCCCCCCCCCCC. The molecule has 7 atom stereocenters. The van der Waals surface area contributed by atoms with Gasteiger partial charge < -0.3 is 39.9 Å². The number of anilines is 1. The van der Waals surface area contributed by atoms with Crippen LogP contribution >= 0.6 is 15.6 Å². The van der Waals surface area contributed by atoms with Crippen LogP contribution in [0.1, 0.15) is 187 Å². The molecule has 0 radical (unpaired) electrons. The molecule has 2 heterocycles. The predicted octanol–water partition coefficient (Wildman–Crippen LogP) is 8.81. The number of phosphoric ester groups is 2. The highest BCUT2D eigenvalue weighted by molar-refractivity contribution is 7.61. The summed E-state index contributed by atoms with van der Waals surface area (Å²) in [5.41, 5.74) is 4.61. The lowest BCUT2D eigenvalue weighted by Gasteiger charge is -2.21. The zero-order chi connectivity index (χ0) is 44.8. The number of aliphatic hydroxyl groups excluding tert-OH is 2. The summed E-state index contributed by atoms with van der Waals surface area (Å²) in [4.78, 5) is 49.1. The molecule has 1 fully saturated rings. The van der Waals surface area contributed by atoms with Crippen LogP contribution in [-0.2, 0) is 41.5 Å². The Hall–Kier alpha value is -1.75. The van der Waals surface area contributed by atoms with Gasteiger partial charge in [-0.3, -0.25) is 18.4 Å². The Morgan fingerprint density at radius 2 is 1.21 bits per heavy atom. The quantitative estimate of drug-likeness (QED) is 0.0235. The van der Waals surface area contributed by atoms with Gasteiger partial charge in [0, 0.05) is 19.2 Å². The van der Waals surface area contributed by atoms with Crippen molar-refractivity contribution in [2.24, 2.45) is 0 Å². The van der Waals surface area contributed by atoms with Crippen LogP contribution in [0.3, 0.4) is 0 Å². The van der Waals surface area contributed by atoms with E-state index in [9.17, 15) is 38.7 Å². The molecule has 0 spiro atoms. The molecule has 17 nitrogen and oxygen atoms in total. The van der Waals surface area contributed by atoms with Crippen molar-refractivity contribution in [1.82, 2.24) is 9.55 Å². The lowest BCUT2D eigenvalue weighted by molar-refractivity contribution is -0.154. The van der Waals surface area contributed by atoms with Crippen molar-refractivity contribution in [1.29, 1.82) is 0 Å². The second-order valence-electron chi connectivity index (χ2n) is 16.3. The van der Waals surface area contributed by atoms with E-state index in [1.54, 1.807) is 0 Å².